The molecule has 0 aliphatic rings. The smallest absolute Gasteiger partial charge is 0.377 e. The normalized spacial score (nSPS) is 11.2. The number of aromatic nitrogens is 2. The van der Waals surface area contributed by atoms with Crippen molar-refractivity contribution >= 4 is 22.7 Å². The summed E-state index contributed by atoms with van der Waals surface area (Å²) in [6.45, 7) is 6.18. The molecule has 1 N–H and O–H groups in total. The predicted octanol–water partition coefficient (Wildman–Crippen LogP) is 3.86. The molecule has 0 amide bonds. The first-order valence-electron chi connectivity index (χ1n) is 7.75. The Hall–Kier alpha value is -2.95. The van der Waals surface area contributed by atoms with Gasteiger partial charge in [-0.3, -0.25) is 9.48 Å². The van der Waals surface area contributed by atoms with Gasteiger partial charge in [0.1, 0.15) is 0 Å². The first-order chi connectivity index (χ1) is 11.4. The van der Waals surface area contributed by atoms with E-state index in [1.165, 1.54) is 0 Å². The van der Waals surface area contributed by atoms with Crippen molar-refractivity contribution in [2.24, 2.45) is 0 Å². The third-order valence-corrected chi connectivity index (χ3v) is 4.05. The van der Waals surface area contributed by atoms with Gasteiger partial charge in [0.15, 0.2) is 0 Å². The first kappa shape index (κ1) is 15.9. The highest BCUT2D eigenvalue weighted by Gasteiger charge is 2.15. The minimum Gasteiger partial charge on any atom is -0.475 e. The Labute approximate surface area is 139 Å². The Morgan fingerprint density at radius 2 is 1.67 bits per heavy atom. The van der Waals surface area contributed by atoms with Gasteiger partial charge in [-0.2, -0.15) is 5.10 Å². The van der Waals surface area contributed by atoms with Gasteiger partial charge >= 0.3 is 5.97 Å². The van der Waals surface area contributed by atoms with E-state index in [1.807, 2.05) is 23.7 Å². The highest BCUT2D eigenvalue weighted by atomic mass is 16.4. The minimum atomic E-state index is -1.44. The lowest BCUT2D eigenvalue weighted by molar-refractivity contribution is -0.131. The Balaban J connectivity index is 2.02. The van der Waals surface area contributed by atoms with Crippen LogP contribution in [0.1, 0.15) is 35.9 Å². The lowest BCUT2D eigenvalue weighted by Crippen LogP contribution is -2.12. The van der Waals surface area contributed by atoms with Crippen LogP contribution in [0.4, 0.5) is 0 Å². The van der Waals surface area contributed by atoms with Crippen LogP contribution >= 0.6 is 0 Å². The number of hydrogen-bond donors (Lipinski definition) is 1. The van der Waals surface area contributed by atoms with Gasteiger partial charge in [0, 0.05) is 17.0 Å². The van der Waals surface area contributed by atoms with E-state index in [0.29, 0.717) is 0 Å². The molecule has 3 rings (SSSR count). The Kier molecular flexibility index (Phi) is 3.93. The number of nitrogens with zero attached hydrogens (tertiary/aromatic N) is 2. The third kappa shape index (κ3) is 2.69. The van der Waals surface area contributed by atoms with Crippen molar-refractivity contribution in [3.63, 3.8) is 0 Å². The second-order valence-electron chi connectivity index (χ2n) is 6.07. The maximum atomic E-state index is 11.5. The number of Topliss-reactive ketones (excluding diaryl/α,β-unsaturated/α-hetero) is 1. The van der Waals surface area contributed by atoms with E-state index in [4.69, 9.17) is 5.11 Å². The molecule has 3 aromatic rings. The van der Waals surface area contributed by atoms with E-state index in [1.54, 1.807) is 24.3 Å². The standard InChI is InChI=1S/C19H18N2O3/c1-11(2)21-17-9-8-15(10-16(17)12(3)20-21)13-4-6-14(7-5-13)18(22)19(23)24/h4-11H,1-3H3,(H,23,24). The maximum Gasteiger partial charge on any atom is 0.377 e. The highest BCUT2D eigenvalue weighted by Crippen LogP contribution is 2.28. The molecule has 0 aliphatic heterocycles. The number of hydrogen-bond acceptors (Lipinski definition) is 3. The molecule has 0 atom stereocenters. The fourth-order valence-corrected chi connectivity index (χ4v) is 2.81. The summed E-state index contributed by atoms with van der Waals surface area (Å²) >= 11 is 0. The zero-order chi connectivity index (χ0) is 17.4. The number of fused-ring (bicyclic) bond motifs is 1. The molecule has 2 aromatic carbocycles. The summed E-state index contributed by atoms with van der Waals surface area (Å²) in [6, 6.07) is 13.0. The molecular formula is C19H18N2O3. The van der Waals surface area contributed by atoms with Crippen LogP contribution in [0.3, 0.4) is 0 Å². The zero-order valence-electron chi connectivity index (χ0n) is 13.8. The van der Waals surface area contributed by atoms with Gasteiger partial charge < -0.3 is 5.11 Å². The quantitative estimate of drug-likeness (QED) is 0.585. The predicted molar refractivity (Wildman–Crippen MR) is 92.3 cm³/mol. The number of aryl methyl sites for hydroxylation is 1. The lowest BCUT2D eigenvalue weighted by atomic mass is 10.0. The largest absolute Gasteiger partial charge is 0.475 e. The van der Waals surface area contributed by atoms with Crippen molar-refractivity contribution < 1.29 is 14.7 Å². The molecule has 0 saturated carbocycles. The van der Waals surface area contributed by atoms with Gasteiger partial charge in [-0.1, -0.05) is 30.3 Å². The van der Waals surface area contributed by atoms with Crippen LogP contribution in [0.15, 0.2) is 42.5 Å². The van der Waals surface area contributed by atoms with E-state index in [-0.39, 0.29) is 11.6 Å². The topological polar surface area (TPSA) is 72.2 Å². The van der Waals surface area contributed by atoms with Crippen LogP contribution in [-0.2, 0) is 4.79 Å². The van der Waals surface area contributed by atoms with Crippen LogP contribution in [-0.4, -0.2) is 26.6 Å². The van der Waals surface area contributed by atoms with Gasteiger partial charge in [-0.05, 0) is 44.0 Å². The molecule has 0 fully saturated rings. The van der Waals surface area contributed by atoms with E-state index in [2.05, 4.69) is 25.0 Å². The molecule has 1 heterocycles. The fraction of sp³-hybridized carbons (Fsp3) is 0.211. The van der Waals surface area contributed by atoms with Crippen molar-refractivity contribution in [1.29, 1.82) is 0 Å². The average Bonchev–Trinajstić information content (AvgIpc) is 2.91. The molecule has 0 aliphatic carbocycles. The number of carbonyl (C=O) groups excluding carboxylic acids is 1. The zero-order valence-corrected chi connectivity index (χ0v) is 13.8. The second-order valence-corrected chi connectivity index (χ2v) is 6.07. The van der Waals surface area contributed by atoms with Crippen molar-refractivity contribution in [3.05, 3.63) is 53.7 Å². The van der Waals surface area contributed by atoms with Gasteiger partial charge in [-0.15, -0.1) is 0 Å². The Morgan fingerprint density at radius 3 is 2.25 bits per heavy atom. The van der Waals surface area contributed by atoms with Crippen molar-refractivity contribution in [3.8, 4) is 11.1 Å². The molecule has 5 heteroatoms. The van der Waals surface area contributed by atoms with Gasteiger partial charge in [-0.25, -0.2) is 4.79 Å². The summed E-state index contributed by atoms with van der Waals surface area (Å²) in [7, 11) is 0. The van der Waals surface area contributed by atoms with Crippen LogP contribution in [0.5, 0.6) is 0 Å². The lowest BCUT2D eigenvalue weighted by Gasteiger charge is -2.08. The number of carbonyl (C=O) groups is 2. The highest BCUT2D eigenvalue weighted by molar-refractivity contribution is 6.39. The fourth-order valence-electron chi connectivity index (χ4n) is 2.81. The molecular weight excluding hydrogens is 304 g/mol. The number of aliphatic carboxylic acids is 1. The molecule has 0 radical (unpaired) electrons. The van der Waals surface area contributed by atoms with E-state index in [9.17, 15) is 9.59 Å². The van der Waals surface area contributed by atoms with E-state index >= 15 is 0 Å². The minimum absolute atomic E-state index is 0.177. The molecule has 1 aromatic heterocycles. The first-order valence-corrected chi connectivity index (χ1v) is 7.75. The Bertz CT molecular complexity index is 937. The van der Waals surface area contributed by atoms with Gasteiger partial charge in [0.2, 0.25) is 0 Å². The van der Waals surface area contributed by atoms with Crippen LogP contribution in [0, 0.1) is 6.92 Å². The Morgan fingerprint density at radius 1 is 1.04 bits per heavy atom. The molecule has 122 valence electrons. The van der Waals surface area contributed by atoms with E-state index in [0.717, 1.165) is 27.7 Å². The van der Waals surface area contributed by atoms with Crippen molar-refractivity contribution in [2.45, 2.75) is 26.8 Å². The number of carboxylic acids is 1. The molecule has 0 bridgehead atoms. The third-order valence-electron chi connectivity index (χ3n) is 4.05. The summed E-state index contributed by atoms with van der Waals surface area (Å²) in [6.07, 6.45) is 0. The number of benzene rings is 2. The maximum absolute atomic E-state index is 11.5. The number of rotatable bonds is 4. The summed E-state index contributed by atoms with van der Waals surface area (Å²) in [5, 5.41) is 14.4. The molecule has 0 unspecified atom stereocenters. The summed E-state index contributed by atoms with van der Waals surface area (Å²) in [5.41, 5.74) is 4.16. The summed E-state index contributed by atoms with van der Waals surface area (Å²) in [4.78, 5) is 22.2. The molecule has 5 nitrogen and oxygen atoms in total. The second kappa shape index (κ2) is 5.92. The van der Waals surface area contributed by atoms with Gasteiger partial charge in [0.25, 0.3) is 5.78 Å². The van der Waals surface area contributed by atoms with Crippen LogP contribution in [0.2, 0.25) is 0 Å². The molecule has 0 spiro atoms. The monoisotopic (exact) mass is 322 g/mol. The number of carboxylic acid groups (broad SMARTS) is 1. The molecule has 0 saturated heterocycles. The number of ketones is 1. The van der Waals surface area contributed by atoms with Gasteiger partial charge in [0.05, 0.1) is 11.2 Å². The van der Waals surface area contributed by atoms with E-state index < -0.39 is 11.8 Å². The summed E-state index contributed by atoms with van der Waals surface area (Å²) in [5.74, 6) is -2.34. The average molecular weight is 322 g/mol. The summed E-state index contributed by atoms with van der Waals surface area (Å²) < 4.78 is 2.00. The van der Waals surface area contributed by atoms with Crippen molar-refractivity contribution in [2.75, 3.05) is 0 Å². The van der Waals surface area contributed by atoms with Crippen molar-refractivity contribution in [1.82, 2.24) is 9.78 Å². The van der Waals surface area contributed by atoms with Crippen LogP contribution in [0.25, 0.3) is 22.0 Å². The molecule has 24 heavy (non-hydrogen) atoms. The SMILES string of the molecule is Cc1nn(C(C)C)c2ccc(-c3ccc(C(=O)C(=O)O)cc3)cc12. The van der Waals surface area contributed by atoms with Crippen LogP contribution < -0.4 is 0 Å².